The monoisotopic (exact) mass is 368 g/mol. The molecule has 0 amide bonds. The molecule has 1 N–H and O–H groups in total. The van der Waals surface area contributed by atoms with Crippen molar-refractivity contribution in [3.63, 3.8) is 0 Å². The predicted octanol–water partition coefficient (Wildman–Crippen LogP) is 0.267. The van der Waals surface area contributed by atoms with E-state index in [2.05, 4.69) is 41.1 Å². The van der Waals surface area contributed by atoms with Gasteiger partial charge in [0, 0.05) is 23.1 Å². The highest BCUT2D eigenvalue weighted by Crippen LogP contribution is 2.38. The van der Waals surface area contributed by atoms with Crippen LogP contribution < -0.4 is 10.2 Å². The smallest absolute Gasteiger partial charge is 0.0643 e. The van der Waals surface area contributed by atoms with Crippen LogP contribution in [0.2, 0.25) is 0 Å². The van der Waals surface area contributed by atoms with E-state index in [-0.39, 0.29) is 0 Å². The maximum atomic E-state index is 9.41. The molecule has 1 aliphatic carbocycles. The van der Waals surface area contributed by atoms with Crippen LogP contribution in [0.5, 0.6) is 0 Å². The third-order valence-corrected chi connectivity index (χ3v) is 5.61. The molecule has 4 rings (SSSR count). The summed E-state index contributed by atoms with van der Waals surface area (Å²) < 4.78 is 0. The minimum Gasteiger partial charge on any atom is -0.545 e. The summed E-state index contributed by atoms with van der Waals surface area (Å²) in [5.74, 6) is -1.31. The van der Waals surface area contributed by atoms with Gasteiger partial charge in [-0.05, 0) is 68.0 Å². The van der Waals surface area contributed by atoms with Crippen molar-refractivity contribution in [2.75, 3.05) is 19.6 Å². The van der Waals surface area contributed by atoms with E-state index < -0.39 is 11.9 Å². The van der Waals surface area contributed by atoms with Gasteiger partial charge in [-0.2, -0.15) is 0 Å². The van der Waals surface area contributed by atoms with Crippen LogP contribution in [0.1, 0.15) is 24.6 Å². The molecule has 6 heteroatoms. The molecule has 27 heavy (non-hydrogen) atoms. The maximum Gasteiger partial charge on any atom is 0.0643 e. The number of carboxylic acid groups (broad SMARTS) is 2. The van der Waals surface area contributed by atoms with Gasteiger partial charge in [0.25, 0.3) is 0 Å². The van der Waals surface area contributed by atoms with Crippen molar-refractivity contribution in [1.29, 1.82) is 0 Å². The van der Waals surface area contributed by atoms with Gasteiger partial charge in [0.05, 0.1) is 11.9 Å². The lowest BCUT2D eigenvalue weighted by Gasteiger charge is -2.40. The molecule has 144 valence electrons. The number of aliphatic carboxylic acids is 2. The number of nitrogens with one attached hydrogen (secondary N) is 1. The first-order chi connectivity index (χ1) is 13.0. The molecule has 2 aromatic rings. The molecule has 0 radical (unpaired) electrons. The molecular formula is C21H24N2O4-2. The summed E-state index contributed by atoms with van der Waals surface area (Å²) in [6.07, 6.45) is 4.70. The molecule has 0 bridgehead atoms. The Kier molecular flexibility index (Phi) is 5.96. The number of likely N-dealkylation sites (tertiary alicyclic amines) is 1. The quantitative estimate of drug-likeness (QED) is 0.784. The normalized spacial score (nSPS) is 22.0. The van der Waals surface area contributed by atoms with Gasteiger partial charge < -0.3 is 29.7 Å². The number of piperidine rings is 1. The van der Waals surface area contributed by atoms with Crippen LogP contribution in [0.25, 0.3) is 10.9 Å². The zero-order chi connectivity index (χ0) is 19.4. The first kappa shape index (κ1) is 19.2. The number of carboxylic acids is 2. The fourth-order valence-corrected chi connectivity index (χ4v) is 4.27. The summed E-state index contributed by atoms with van der Waals surface area (Å²) in [6.45, 7) is 6.11. The third-order valence-electron chi connectivity index (χ3n) is 5.61. The fraction of sp³-hybridized carbons (Fsp3) is 0.429. The van der Waals surface area contributed by atoms with E-state index in [1.807, 2.05) is 0 Å². The van der Waals surface area contributed by atoms with Crippen LogP contribution in [0.15, 0.2) is 36.4 Å². The summed E-state index contributed by atoms with van der Waals surface area (Å²) in [6, 6.07) is 8.80. The molecule has 2 atom stereocenters. The van der Waals surface area contributed by atoms with Gasteiger partial charge in [0.2, 0.25) is 0 Å². The Morgan fingerprint density at radius 2 is 1.85 bits per heavy atom. The number of aromatic amines is 1. The lowest BCUT2D eigenvalue weighted by atomic mass is 9.74. The number of fused-ring (bicyclic) bond motifs is 4. The lowest BCUT2D eigenvalue weighted by molar-refractivity contribution is -0.301. The lowest BCUT2D eigenvalue weighted by Crippen LogP contribution is -2.43. The largest absolute Gasteiger partial charge is 0.545 e. The van der Waals surface area contributed by atoms with Crippen molar-refractivity contribution < 1.29 is 19.8 Å². The van der Waals surface area contributed by atoms with Crippen molar-refractivity contribution in [3.8, 4) is 0 Å². The van der Waals surface area contributed by atoms with E-state index in [0.29, 0.717) is 12.2 Å². The molecule has 6 nitrogen and oxygen atoms in total. The second kappa shape index (κ2) is 8.39. The zero-order valence-electron chi connectivity index (χ0n) is 15.4. The van der Waals surface area contributed by atoms with Crippen molar-refractivity contribution in [2.24, 2.45) is 11.8 Å². The zero-order valence-corrected chi connectivity index (χ0v) is 15.4. The minimum absolute atomic E-state index is 0.384. The Labute approximate surface area is 158 Å². The SMILES string of the molecule is CCN1CC[C@H]2Cc3[nH]c4ccccc4c3C[C@H]2C1.O=C([O-])/C=C/C(=O)[O-]. The van der Waals surface area contributed by atoms with Gasteiger partial charge in [0.15, 0.2) is 0 Å². The molecule has 2 aliphatic rings. The number of carbonyl (C=O) groups is 2. The highest BCUT2D eigenvalue weighted by molar-refractivity contribution is 5.87. The number of hydrogen-bond donors (Lipinski definition) is 1. The average molecular weight is 368 g/mol. The first-order valence-corrected chi connectivity index (χ1v) is 9.38. The summed E-state index contributed by atoms with van der Waals surface area (Å²) in [5.41, 5.74) is 4.46. The molecule has 1 aromatic heterocycles. The molecular weight excluding hydrogens is 344 g/mol. The van der Waals surface area contributed by atoms with Gasteiger partial charge in [-0.1, -0.05) is 25.1 Å². The van der Waals surface area contributed by atoms with Crippen molar-refractivity contribution in [2.45, 2.75) is 26.2 Å². The first-order valence-electron chi connectivity index (χ1n) is 9.38. The fourth-order valence-electron chi connectivity index (χ4n) is 4.27. The second-order valence-electron chi connectivity index (χ2n) is 7.21. The van der Waals surface area contributed by atoms with E-state index >= 15 is 0 Å². The molecule has 1 fully saturated rings. The Balaban J connectivity index is 0.000000226. The van der Waals surface area contributed by atoms with E-state index in [4.69, 9.17) is 0 Å². The van der Waals surface area contributed by atoms with Crippen molar-refractivity contribution in [1.82, 2.24) is 9.88 Å². The summed E-state index contributed by atoms with van der Waals surface area (Å²) in [5, 5.41) is 20.3. The van der Waals surface area contributed by atoms with Crippen LogP contribution in [0.3, 0.4) is 0 Å². The topological polar surface area (TPSA) is 99.3 Å². The molecule has 1 aromatic carbocycles. The summed E-state index contributed by atoms with van der Waals surface area (Å²) in [7, 11) is 0. The third kappa shape index (κ3) is 4.57. The number of hydrogen-bond acceptors (Lipinski definition) is 5. The molecule has 0 unspecified atom stereocenters. The number of para-hydroxylation sites is 1. The van der Waals surface area contributed by atoms with Crippen molar-refractivity contribution >= 4 is 22.8 Å². The summed E-state index contributed by atoms with van der Waals surface area (Å²) >= 11 is 0. The van der Waals surface area contributed by atoms with E-state index in [1.165, 1.54) is 55.5 Å². The van der Waals surface area contributed by atoms with Gasteiger partial charge in [0.1, 0.15) is 0 Å². The van der Waals surface area contributed by atoms with Crippen molar-refractivity contribution in [3.05, 3.63) is 47.7 Å². The Morgan fingerprint density at radius 1 is 1.15 bits per heavy atom. The number of rotatable bonds is 3. The molecule has 1 saturated heterocycles. The summed E-state index contributed by atoms with van der Waals surface area (Å²) in [4.78, 5) is 25.1. The Bertz CT molecular complexity index is 839. The Morgan fingerprint density at radius 3 is 2.52 bits per heavy atom. The van der Waals surface area contributed by atoms with Crippen LogP contribution in [0, 0.1) is 11.8 Å². The molecule has 2 heterocycles. The van der Waals surface area contributed by atoms with Crippen LogP contribution in [-0.4, -0.2) is 41.5 Å². The van der Waals surface area contributed by atoms with Gasteiger partial charge in [-0.25, -0.2) is 0 Å². The van der Waals surface area contributed by atoms with Gasteiger partial charge in [-0.3, -0.25) is 0 Å². The standard InChI is InChI=1S/C17H22N2.C4H4O4/c1-2-19-8-7-12-10-17-15(9-13(12)11-19)14-5-3-4-6-16(14)18-17;5-3(6)1-2-4(7)8/h3-6,12-13,18H,2,7-11H2,1H3;1-2H,(H,5,6)(H,7,8)/p-2/b;2-1+/t12-,13-;/m0./s1. The molecule has 0 spiro atoms. The van der Waals surface area contributed by atoms with E-state index in [1.54, 1.807) is 5.56 Å². The molecule has 0 saturated carbocycles. The Hall–Kier alpha value is -2.60. The van der Waals surface area contributed by atoms with E-state index in [9.17, 15) is 19.8 Å². The predicted molar refractivity (Wildman–Crippen MR) is 98.6 cm³/mol. The number of nitrogens with zero attached hydrogens (tertiary/aromatic N) is 1. The number of H-pyrrole nitrogens is 1. The van der Waals surface area contributed by atoms with Crippen LogP contribution in [-0.2, 0) is 22.4 Å². The number of benzene rings is 1. The number of aromatic nitrogens is 1. The van der Waals surface area contributed by atoms with Crippen LogP contribution >= 0.6 is 0 Å². The van der Waals surface area contributed by atoms with Crippen LogP contribution in [0.4, 0.5) is 0 Å². The highest BCUT2D eigenvalue weighted by atomic mass is 16.4. The maximum absolute atomic E-state index is 9.41. The second-order valence-corrected chi connectivity index (χ2v) is 7.21. The van der Waals surface area contributed by atoms with Gasteiger partial charge >= 0.3 is 0 Å². The number of carbonyl (C=O) groups excluding carboxylic acids is 2. The molecule has 1 aliphatic heterocycles. The average Bonchev–Trinajstić information content (AvgIpc) is 3.02. The van der Waals surface area contributed by atoms with Gasteiger partial charge in [-0.15, -0.1) is 0 Å². The highest BCUT2D eigenvalue weighted by Gasteiger charge is 2.34. The minimum atomic E-state index is -1.55. The van der Waals surface area contributed by atoms with E-state index in [0.717, 1.165) is 11.8 Å².